The van der Waals surface area contributed by atoms with E-state index < -0.39 is 0 Å². The van der Waals surface area contributed by atoms with Crippen molar-refractivity contribution in [2.45, 2.75) is 57.6 Å². The van der Waals surface area contributed by atoms with Gasteiger partial charge in [0.2, 0.25) is 0 Å². The molecular formula is C13H24N2OS. The van der Waals surface area contributed by atoms with Crippen LogP contribution in [0.2, 0.25) is 0 Å². The average molecular weight is 256 g/mol. The molecule has 2 fully saturated rings. The molecule has 2 saturated heterocycles. The van der Waals surface area contributed by atoms with Gasteiger partial charge in [-0.2, -0.15) is 0 Å². The van der Waals surface area contributed by atoms with Crippen LogP contribution in [0.1, 0.15) is 46.0 Å². The molecule has 0 bridgehead atoms. The molecule has 2 atom stereocenters. The Morgan fingerprint density at radius 3 is 3.18 bits per heavy atom. The van der Waals surface area contributed by atoms with Crippen LogP contribution in [0.4, 0.5) is 0 Å². The molecule has 2 aliphatic rings. The monoisotopic (exact) mass is 256 g/mol. The molecule has 3 nitrogen and oxygen atoms in total. The van der Waals surface area contributed by atoms with Crippen LogP contribution in [0, 0.1) is 0 Å². The molecule has 0 aromatic rings. The fraction of sp³-hybridized carbons (Fsp3) is 0.923. The van der Waals surface area contributed by atoms with Crippen molar-refractivity contribution < 1.29 is 4.74 Å². The highest BCUT2D eigenvalue weighted by Gasteiger charge is 2.27. The maximum absolute atomic E-state index is 5.61. The van der Waals surface area contributed by atoms with E-state index in [4.69, 9.17) is 4.74 Å². The molecular weight excluding hydrogens is 232 g/mol. The molecule has 2 unspecified atom stereocenters. The second-order valence-corrected chi connectivity index (χ2v) is 6.33. The fourth-order valence-electron chi connectivity index (χ4n) is 2.26. The van der Waals surface area contributed by atoms with Gasteiger partial charge < -0.3 is 10.1 Å². The summed E-state index contributed by atoms with van der Waals surface area (Å²) in [5.41, 5.74) is 0.258. The summed E-state index contributed by atoms with van der Waals surface area (Å²) in [5, 5.41) is 4.71. The zero-order valence-electron chi connectivity index (χ0n) is 11.0. The summed E-state index contributed by atoms with van der Waals surface area (Å²) < 4.78 is 5.61. The van der Waals surface area contributed by atoms with Crippen LogP contribution in [0.25, 0.3) is 0 Å². The van der Waals surface area contributed by atoms with Crippen LogP contribution in [0.15, 0.2) is 4.99 Å². The van der Waals surface area contributed by atoms with Crippen LogP contribution in [0.5, 0.6) is 0 Å². The van der Waals surface area contributed by atoms with E-state index in [0.717, 1.165) is 31.2 Å². The van der Waals surface area contributed by atoms with Crippen molar-refractivity contribution in [3.63, 3.8) is 0 Å². The van der Waals surface area contributed by atoms with Gasteiger partial charge in [0.15, 0.2) is 5.17 Å². The molecule has 0 aromatic carbocycles. The molecule has 0 amide bonds. The van der Waals surface area contributed by atoms with E-state index >= 15 is 0 Å². The predicted molar refractivity (Wildman–Crippen MR) is 74.8 cm³/mol. The van der Waals surface area contributed by atoms with Gasteiger partial charge in [-0.1, -0.05) is 18.7 Å². The third-order valence-corrected chi connectivity index (χ3v) is 4.72. The molecule has 2 heterocycles. The van der Waals surface area contributed by atoms with Crippen LogP contribution in [0.3, 0.4) is 0 Å². The molecule has 4 heteroatoms. The average Bonchev–Trinajstić information content (AvgIpc) is 2.82. The van der Waals surface area contributed by atoms with E-state index in [9.17, 15) is 0 Å². The first-order valence-corrected chi connectivity index (χ1v) is 7.77. The summed E-state index contributed by atoms with van der Waals surface area (Å²) in [4.78, 5) is 4.68. The van der Waals surface area contributed by atoms with Gasteiger partial charge in [0.05, 0.1) is 6.10 Å². The number of hydrogen-bond donors (Lipinski definition) is 1. The summed E-state index contributed by atoms with van der Waals surface area (Å²) in [6, 6.07) is 0. The first-order chi connectivity index (χ1) is 8.22. The fourth-order valence-corrected chi connectivity index (χ4v) is 3.51. The Kier molecular flexibility index (Phi) is 4.74. The maximum atomic E-state index is 5.61. The molecule has 1 N–H and O–H groups in total. The number of ether oxygens (including phenoxy) is 1. The molecule has 17 heavy (non-hydrogen) atoms. The molecule has 0 aliphatic carbocycles. The standard InChI is InChI=1S/C13H24N2OS/c1-3-13(2)7-10-17-12(15-13)14-8-6-11-5-4-9-16-11/h11H,3-10H2,1-2H3,(H,14,15). The Labute approximate surface area is 109 Å². The number of hydrogen-bond acceptors (Lipinski definition) is 3. The molecule has 0 aromatic heterocycles. The predicted octanol–water partition coefficient (Wildman–Crippen LogP) is 2.81. The topological polar surface area (TPSA) is 33.6 Å². The minimum atomic E-state index is 0.258. The molecule has 0 saturated carbocycles. The Bertz CT molecular complexity index is 277. The lowest BCUT2D eigenvalue weighted by molar-refractivity contribution is 0.106. The summed E-state index contributed by atoms with van der Waals surface area (Å²) in [6.07, 6.45) is 6.39. The van der Waals surface area contributed by atoms with E-state index in [1.165, 1.54) is 25.0 Å². The first-order valence-electron chi connectivity index (χ1n) is 6.79. The quantitative estimate of drug-likeness (QED) is 0.840. The van der Waals surface area contributed by atoms with E-state index in [0.29, 0.717) is 6.10 Å². The Hall–Kier alpha value is -0.220. The number of rotatable bonds is 4. The van der Waals surface area contributed by atoms with Gasteiger partial charge in [0, 0.05) is 24.4 Å². The minimum Gasteiger partial charge on any atom is -0.378 e. The van der Waals surface area contributed by atoms with Crippen LogP contribution >= 0.6 is 11.8 Å². The Balaban J connectivity index is 1.76. The smallest absolute Gasteiger partial charge is 0.156 e. The van der Waals surface area contributed by atoms with Crippen molar-refractivity contribution in [3.05, 3.63) is 0 Å². The van der Waals surface area contributed by atoms with Crippen molar-refractivity contribution in [2.75, 3.05) is 18.9 Å². The number of aliphatic imine (C=N–C) groups is 1. The summed E-state index contributed by atoms with van der Waals surface area (Å²) >= 11 is 1.86. The molecule has 98 valence electrons. The van der Waals surface area contributed by atoms with E-state index in [2.05, 4.69) is 24.2 Å². The summed E-state index contributed by atoms with van der Waals surface area (Å²) in [6.45, 7) is 6.39. The van der Waals surface area contributed by atoms with Gasteiger partial charge in [0.1, 0.15) is 0 Å². The highest BCUT2D eigenvalue weighted by molar-refractivity contribution is 8.13. The van der Waals surface area contributed by atoms with Crippen molar-refractivity contribution >= 4 is 16.9 Å². The second kappa shape index (κ2) is 6.10. The van der Waals surface area contributed by atoms with Crippen molar-refractivity contribution in [2.24, 2.45) is 4.99 Å². The lowest BCUT2D eigenvalue weighted by atomic mass is 9.96. The largest absolute Gasteiger partial charge is 0.378 e. The normalized spacial score (nSPS) is 36.1. The van der Waals surface area contributed by atoms with Gasteiger partial charge in [-0.15, -0.1) is 0 Å². The number of thioether (sulfide) groups is 1. The number of amidine groups is 1. The minimum absolute atomic E-state index is 0.258. The highest BCUT2D eigenvalue weighted by Crippen LogP contribution is 2.25. The summed E-state index contributed by atoms with van der Waals surface area (Å²) in [5.74, 6) is 1.19. The lowest BCUT2D eigenvalue weighted by Gasteiger charge is -2.35. The van der Waals surface area contributed by atoms with Crippen molar-refractivity contribution in [3.8, 4) is 0 Å². The van der Waals surface area contributed by atoms with Crippen molar-refractivity contribution in [1.82, 2.24) is 5.32 Å². The SMILES string of the molecule is CCC1(C)CCSC(=NCCC2CCCO2)N1. The van der Waals surface area contributed by atoms with Gasteiger partial charge in [-0.05, 0) is 39.0 Å². The third kappa shape index (κ3) is 3.88. The van der Waals surface area contributed by atoms with Gasteiger partial charge in [-0.3, -0.25) is 4.99 Å². The molecule has 0 spiro atoms. The Morgan fingerprint density at radius 2 is 2.47 bits per heavy atom. The van der Waals surface area contributed by atoms with E-state index in [1.54, 1.807) is 0 Å². The van der Waals surface area contributed by atoms with Gasteiger partial charge in [-0.25, -0.2) is 0 Å². The number of nitrogens with zero attached hydrogens (tertiary/aromatic N) is 1. The Morgan fingerprint density at radius 1 is 1.59 bits per heavy atom. The second-order valence-electron chi connectivity index (χ2n) is 5.25. The zero-order chi connectivity index (χ0) is 12.1. The van der Waals surface area contributed by atoms with Gasteiger partial charge >= 0.3 is 0 Å². The number of nitrogens with one attached hydrogen (secondary N) is 1. The molecule has 2 aliphatic heterocycles. The van der Waals surface area contributed by atoms with E-state index in [-0.39, 0.29) is 5.54 Å². The summed E-state index contributed by atoms with van der Waals surface area (Å²) in [7, 11) is 0. The van der Waals surface area contributed by atoms with E-state index in [1.807, 2.05) is 11.8 Å². The maximum Gasteiger partial charge on any atom is 0.156 e. The highest BCUT2D eigenvalue weighted by atomic mass is 32.2. The van der Waals surface area contributed by atoms with Crippen LogP contribution < -0.4 is 5.32 Å². The molecule has 0 radical (unpaired) electrons. The lowest BCUT2D eigenvalue weighted by Crippen LogP contribution is -2.48. The van der Waals surface area contributed by atoms with Gasteiger partial charge in [0.25, 0.3) is 0 Å². The first kappa shape index (κ1) is 13.2. The molecule has 2 rings (SSSR count). The van der Waals surface area contributed by atoms with Crippen LogP contribution in [-0.2, 0) is 4.74 Å². The third-order valence-electron chi connectivity index (χ3n) is 3.81. The zero-order valence-corrected chi connectivity index (χ0v) is 11.8. The van der Waals surface area contributed by atoms with Crippen LogP contribution in [-0.4, -0.2) is 35.7 Å². The van der Waals surface area contributed by atoms with Crippen molar-refractivity contribution in [1.29, 1.82) is 0 Å².